The summed E-state index contributed by atoms with van der Waals surface area (Å²) in [5, 5.41) is 2.47. The molecule has 0 spiro atoms. The summed E-state index contributed by atoms with van der Waals surface area (Å²) >= 11 is 7.28. The number of ether oxygens (including phenoxy) is 1. The number of carbonyl (C=O) groups excluding carboxylic acids is 2. The van der Waals surface area contributed by atoms with Crippen molar-refractivity contribution in [1.29, 1.82) is 0 Å². The second-order valence-electron chi connectivity index (χ2n) is 4.30. The van der Waals surface area contributed by atoms with Gasteiger partial charge in [0.1, 0.15) is 0 Å². The summed E-state index contributed by atoms with van der Waals surface area (Å²) < 4.78 is 5.09. The van der Waals surface area contributed by atoms with Gasteiger partial charge in [0.2, 0.25) is 5.78 Å². The van der Waals surface area contributed by atoms with Crippen molar-refractivity contribution in [3.63, 3.8) is 0 Å². The van der Waals surface area contributed by atoms with Gasteiger partial charge < -0.3 is 4.74 Å². The van der Waals surface area contributed by atoms with Gasteiger partial charge in [0.15, 0.2) is 6.10 Å². The van der Waals surface area contributed by atoms with Crippen LogP contribution in [0.2, 0.25) is 5.02 Å². The van der Waals surface area contributed by atoms with Gasteiger partial charge in [0.25, 0.3) is 0 Å². The minimum absolute atomic E-state index is 0.260. The van der Waals surface area contributed by atoms with Crippen molar-refractivity contribution >= 4 is 40.8 Å². The van der Waals surface area contributed by atoms with Crippen molar-refractivity contribution in [3.05, 3.63) is 63.3 Å². The first-order valence-corrected chi connectivity index (χ1v) is 7.54. The molecule has 0 N–H and O–H groups in total. The third kappa shape index (κ3) is 4.55. The number of benzene rings is 1. The van der Waals surface area contributed by atoms with E-state index in [1.165, 1.54) is 17.4 Å². The first-order valence-electron chi connectivity index (χ1n) is 6.28. The van der Waals surface area contributed by atoms with Gasteiger partial charge >= 0.3 is 5.97 Å². The van der Waals surface area contributed by atoms with E-state index in [2.05, 4.69) is 0 Å². The highest BCUT2D eigenvalue weighted by molar-refractivity contribution is 7.10. The lowest BCUT2D eigenvalue weighted by molar-refractivity contribution is -0.140. The van der Waals surface area contributed by atoms with Gasteiger partial charge in [0, 0.05) is 21.5 Å². The first-order chi connectivity index (χ1) is 10.1. The van der Waals surface area contributed by atoms with Crippen molar-refractivity contribution in [1.82, 2.24) is 0 Å². The van der Waals surface area contributed by atoms with Crippen LogP contribution < -0.4 is 0 Å². The maximum absolute atomic E-state index is 12.1. The van der Waals surface area contributed by atoms with E-state index in [0.29, 0.717) is 10.6 Å². The lowest BCUT2D eigenvalue weighted by Gasteiger charge is -2.10. The van der Waals surface area contributed by atoms with Crippen LogP contribution in [-0.2, 0) is 9.53 Å². The van der Waals surface area contributed by atoms with E-state index in [1.807, 2.05) is 17.5 Å². The fourth-order valence-corrected chi connectivity index (χ4v) is 2.40. The molecular formula is C16H13ClO3S. The molecule has 1 heterocycles. The SMILES string of the molecule is C[C@H](OC(=O)/C=C/c1cccs1)C(=O)c1ccc(Cl)cc1. The Hall–Kier alpha value is -1.91. The summed E-state index contributed by atoms with van der Waals surface area (Å²) in [6, 6.07) is 10.2. The second-order valence-corrected chi connectivity index (χ2v) is 5.71. The largest absolute Gasteiger partial charge is 0.451 e. The van der Waals surface area contributed by atoms with Crippen LogP contribution in [-0.4, -0.2) is 17.9 Å². The Labute approximate surface area is 131 Å². The number of hydrogen-bond acceptors (Lipinski definition) is 4. The average Bonchev–Trinajstić information content (AvgIpc) is 2.98. The zero-order chi connectivity index (χ0) is 15.2. The molecule has 0 aliphatic heterocycles. The lowest BCUT2D eigenvalue weighted by atomic mass is 10.1. The number of carbonyl (C=O) groups is 2. The van der Waals surface area contributed by atoms with E-state index in [1.54, 1.807) is 37.3 Å². The van der Waals surface area contributed by atoms with Crippen molar-refractivity contribution in [2.45, 2.75) is 13.0 Å². The van der Waals surface area contributed by atoms with Gasteiger partial charge in [-0.3, -0.25) is 4.79 Å². The van der Waals surface area contributed by atoms with E-state index in [4.69, 9.17) is 16.3 Å². The Bertz CT molecular complexity index is 645. The Morgan fingerprint density at radius 2 is 1.95 bits per heavy atom. The molecule has 1 aromatic heterocycles. The molecule has 2 aromatic rings. The zero-order valence-electron chi connectivity index (χ0n) is 11.3. The maximum Gasteiger partial charge on any atom is 0.331 e. The molecule has 0 fully saturated rings. The Morgan fingerprint density at radius 1 is 1.24 bits per heavy atom. The Kier molecular flexibility index (Phi) is 5.31. The normalized spacial score (nSPS) is 12.3. The molecule has 0 bridgehead atoms. The zero-order valence-corrected chi connectivity index (χ0v) is 12.9. The predicted octanol–water partition coefficient (Wildman–Crippen LogP) is 4.23. The van der Waals surface area contributed by atoms with Crippen molar-refractivity contribution in [2.24, 2.45) is 0 Å². The number of esters is 1. The average molecular weight is 321 g/mol. The van der Waals surface area contributed by atoms with Gasteiger partial charge in [-0.25, -0.2) is 4.79 Å². The highest BCUT2D eigenvalue weighted by atomic mass is 35.5. The van der Waals surface area contributed by atoms with Crippen LogP contribution in [0.3, 0.4) is 0 Å². The van der Waals surface area contributed by atoms with Crippen LogP contribution in [0.4, 0.5) is 0 Å². The molecule has 21 heavy (non-hydrogen) atoms. The summed E-state index contributed by atoms with van der Waals surface area (Å²) in [6.45, 7) is 1.55. The Morgan fingerprint density at radius 3 is 2.57 bits per heavy atom. The predicted molar refractivity (Wildman–Crippen MR) is 84.7 cm³/mol. The van der Waals surface area contributed by atoms with Crippen molar-refractivity contribution in [3.8, 4) is 0 Å². The molecule has 108 valence electrons. The maximum atomic E-state index is 12.1. The fraction of sp³-hybridized carbons (Fsp3) is 0.125. The van der Waals surface area contributed by atoms with Crippen LogP contribution in [0.5, 0.6) is 0 Å². The molecule has 1 aromatic carbocycles. The number of halogens is 1. The molecule has 0 saturated carbocycles. The molecule has 3 nitrogen and oxygen atoms in total. The van der Waals surface area contributed by atoms with Crippen LogP contribution >= 0.6 is 22.9 Å². The highest BCUT2D eigenvalue weighted by Crippen LogP contribution is 2.13. The molecule has 0 radical (unpaired) electrons. The summed E-state index contributed by atoms with van der Waals surface area (Å²) in [4.78, 5) is 24.7. The lowest BCUT2D eigenvalue weighted by Crippen LogP contribution is -2.23. The monoisotopic (exact) mass is 320 g/mol. The summed E-state index contributed by atoms with van der Waals surface area (Å²) in [5.74, 6) is -0.803. The molecular weight excluding hydrogens is 308 g/mol. The topological polar surface area (TPSA) is 43.4 Å². The molecule has 5 heteroatoms. The van der Waals surface area contributed by atoms with E-state index in [0.717, 1.165) is 4.88 Å². The molecule has 0 amide bonds. The van der Waals surface area contributed by atoms with Gasteiger partial charge in [-0.15, -0.1) is 11.3 Å². The molecule has 1 atom stereocenters. The quantitative estimate of drug-likeness (QED) is 0.470. The molecule has 0 saturated heterocycles. The van der Waals surface area contributed by atoms with Gasteiger partial charge in [0.05, 0.1) is 0 Å². The van der Waals surface area contributed by atoms with Gasteiger partial charge in [-0.05, 0) is 48.7 Å². The molecule has 0 aliphatic carbocycles. The molecule has 0 aliphatic rings. The van der Waals surface area contributed by atoms with Crippen molar-refractivity contribution in [2.75, 3.05) is 0 Å². The summed E-state index contributed by atoms with van der Waals surface area (Å²) in [6.07, 6.45) is 2.14. The number of rotatable bonds is 5. The number of ketones is 1. The van der Waals surface area contributed by atoms with E-state index in [-0.39, 0.29) is 5.78 Å². The highest BCUT2D eigenvalue weighted by Gasteiger charge is 2.18. The van der Waals surface area contributed by atoms with E-state index >= 15 is 0 Å². The minimum atomic E-state index is -0.841. The third-order valence-corrected chi connectivity index (χ3v) is 3.81. The summed E-state index contributed by atoms with van der Waals surface area (Å²) in [5.41, 5.74) is 0.460. The third-order valence-electron chi connectivity index (χ3n) is 2.72. The van der Waals surface area contributed by atoms with E-state index < -0.39 is 12.1 Å². The Balaban J connectivity index is 1.94. The second kappa shape index (κ2) is 7.20. The van der Waals surface area contributed by atoms with Crippen LogP contribution in [0.25, 0.3) is 6.08 Å². The van der Waals surface area contributed by atoms with Crippen LogP contribution in [0.15, 0.2) is 47.9 Å². The van der Waals surface area contributed by atoms with Crippen LogP contribution in [0, 0.1) is 0 Å². The number of thiophene rings is 1. The van der Waals surface area contributed by atoms with Gasteiger partial charge in [-0.1, -0.05) is 17.7 Å². The fourth-order valence-electron chi connectivity index (χ4n) is 1.65. The summed E-state index contributed by atoms with van der Waals surface area (Å²) in [7, 11) is 0. The molecule has 2 rings (SSSR count). The number of Topliss-reactive ketones (excluding diaryl/α,β-unsaturated/α-hetero) is 1. The van der Waals surface area contributed by atoms with E-state index in [9.17, 15) is 9.59 Å². The van der Waals surface area contributed by atoms with Gasteiger partial charge in [-0.2, -0.15) is 0 Å². The van der Waals surface area contributed by atoms with Crippen molar-refractivity contribution < 1.29 is 14.3 Å². The number of hydrogen-bond donors (Lipinski definition) is 0. The molecule has 0 unspecified atom stereocenters. The first kappa shape index (κ1) is 15.5. The van der Waals surface area contributed by atoms with Crippen LogP contribution in [0.1, 0.15) is 22.2 Å². The smallest absolute Gasteiger partial charge is 0.331 e. The minimum Gasteiger partial charge on any atom is -0.451 e. The standard InChI is InChI=1S/C16H13ClO3S/c1-11(16(19)12-4-6-13(17)7-5-12)20-15(18)9-8-14-3-2-10-21-14/h2-11H,1H3/b9-8+/t11-/m0/s1.